The van der Waals surface area contributed by atoms with Gasteiger partial charge >= 0.3 is 0 Å². The Morgan fingerprint density at radius 1 is 1.50 bits per heavy atom. The molecule has 58 valence electrons. The fourth-order valence-electron chi connectivity index (χ4n) is 0.546. The van der Waals surface area contributed by atoms with E-state index in [9.17, 15) is 0 Å². The van der Waals surface area contributed by atoms with Crippen LogP contribution in [0.15, 0.2) is 6.33 Å². The Balaban J connectivity index is 0.000000371. The zero-order valence-electron chi connectivity index (χ0n) is 7.13. The van der Waals surface area contributed by atoms with Crippen LogP contribution in [-0.4, -0.2) is 14.8 Å². The maximum absolute atomic E-state index is 4.03. The van der Waals surface area contributed by atoms with Crippen molar-refractivity contribution in [3.8, 4) is 0 Å². The summed E-state index contributed by atoms with van der Waals surface area (Å²) in [5, 5.41) is 4.03. The Bertz CT molecular complexity index is 169. The SMILES string of the molecule is CC.CCc1ncn(C)n1. The molecular weight excluding hydrogens is 126 g/mol. The first-order valence-corrected chi connectivity index (χ1v) is 3.67. The molecule has 1 aromatic heterocycles. The van der Waals surface area contributed by atoms with E-state index in [1.807, 2.05) is 27.8 Å². The first-order valence-electron chi connectivity index (χ1n) is 3.67. The molecule has 0 saturated heterocycles. The average molecular weight is 141 g/mol. The van der Waals surface area contributed by atoms with Gasteiger partial charge in [-0.2, -0.15) is 5.10 Å². The third-order valence-corrected chi connectivity index (χ3v) is 0.963. The molecule has 3 heteroatoms. The fraction of sp³-hybridized carbons (Fsp3) is 0.714. The van der Waals surface area contributed by atoms with Crippen molar-refractivity contribution in [1.82, 2.24) is 14.8 Å². The smallest absolute Gasteiger partial charge is 0.150 e. The van der Waals surface area contributed by atoms with E-state index in [1.54, 1.807) is 11.0 Å². The number of hydrogen-bond acceptors (Lipinski definition) is 2. The second-order valence-corrected chi connectivity index (χ2v) is 1.69. The first-order chi connectivity index (χ1) is 4.83. The Morgan fingerprint density at radius 3 is 2.30 bits per heavy atom. The van der Waals surface area contributed by atoms with Gasteiger partial charge in [0.25, 0.3) is 0 Å². The summed E-state index contributed by atoms with van der Waals surface area (Å²) < 4.78 is 1.71. The van der Waals surface area contributed by atoms with Gasteiger partial charge < -0.3 is 0 Å². The highest BCUT2D eigenvalue weighted by Crippen LogP contribution is 1.85. The van der Waals surface area contributed by atoms with Gasteiger partial charge in [-0.05, 0) is 0 Å². The van der Waals surface area contributed by atoms with Crippen LogP contribution in [0.2, 0.25) is 0 Å². The van der Waals surface area contributed by atoms with Gasteiger partial charge in [0.1, 0.15) is 12.2 Å². The highest BCUT2D eigenvalue weighted by Gasteiger charge is 1.90. The predicted octanol–water partition coefficient (Wildman–Crippen LogP) is 1.40. The molecule has 0 radical (unpaired) electrons. The molecule has 0 aliphatic rings. The maximum Gasteiger partial charge on any atom is 0.150 e. The van der Waals surface area contributed by atoms with Gasteiger partial charge in [-0.15, -0.1) is 0 Å². The molecule has 0 atom stereocenters. The normalized spacial score (nSPS) is 8.40. The summed E-state index contributed by atoms with van der Waals surface area (Å²) >= 11 is 0. The van der Waals surface area contributed by atoms with Crippen LogP contribution in [0.1, 0.15) is 26.6 Å². The molecule has 0 aliphatic carbocycles. The van der Waals surface area contributed by atoms with Crippen molar-refractivity contribution < 1.29 is 0 Å². The Hall–Kier alpha value is -0.860. The highest BCUT2D eigenvalue weighted by molar-refractivity contribution is 4.78. The van der Waals surface area contributed by atoms with Crippen molar-refractivity contribution in [1.29, 1.82) is 0 Å². The standard InChI is InChI=1S/C5H9N3.C2H6/c1-3-5-6-4-8(2)7-5;1-2/h4H,3H2,1-2H3;1-2H3. The lowest BCUT2D eigenvalue weighted by molar-refractivity contribution is 0.746. The number of hydrogen-bond donors (Lipinski definition) is 0. The Kier molecular flexibility index (Phi) is 4.54. The monoisotopic (exact) mass is 141 g/mol. The van der Waals surface area contributed by atoms with E-state index in [4.69, 9.17) is 0 Å². The van der Waals surface area contributed by atoms with E-state index in [0.717, 1.165) is 12.2 Å². The number of nitrogens with zero attached hydrogens (tertiary/aromatic N) is 3. The van der Waals surface area contributed by atoms with E-state index in [1.165, 1.54) is 0 Å². The summed E-state index contributed by atoms with van der Waals surface area (Å²) in [6.45, 7) is 6.04. The number of aromatic nitrogens is 3. The number of rotatable bonds is 1. The molecular formula is C7H15N3. The van der Waals surface area contributed by atoms with Gasteiger partial charge in [-0.25, -0.2) is 4.98 Å². The minimum absolute atomic E-state index is 0.910. The topological polar surface area (TPSA) is 30.7 Å². The largest absolute Gasteiger partial charge is 0.256 e. The molecule has 1 heterocycles. The summed E-state index contributed by atoms with van der Waals surface area (Å²) in [6, 6.07) is 0. The van der Waals surface area contributed by atoms with E-state index in [2.05, 4.69) is 10.1 Å². The lowest BCUT2D eigenvalue weighted by atomic mass is 10.5. The van der Waals surface area contributed by atoms with E-state index in [-0.39, 0.29) is 0 Å². The van der Waals surface area contributed by atoms with Gasteiger partial charge in [-0.3, -0.25) is 4.68 Å². The molecule has 0 bridgehead atoms. The molecule has 0 aromatic carbocycles. The van der Waals surface area contributed by atoms with Crippen molar-refractivity contribution >= 4 is 0 Å². The van der Waals surface area contributed by atoms with Crippen molar-refractivity contribution in [2.24, 2.45) is 7.05 Å². The van der Waals surface area contributed by atoms with Crippen LogP contribution in [0.3, 0.4) is 0 Å². The van der Waals surface area contributed by atoms with Crippen molar-refractivity contribution in [3.63, 3.8) is 0 Å². The molecule has 1 rings (SSSR count). The average Bonchev–Trinajstić information content (AvgIpc) is 2.40. The summed E-state index contributed by atoms with van der Waals surface area (Å²) in [7, 11) is 1.87. The second kappa shape index (κ2) is 4.97. The minimum Gasteiger partial charge on any atom is -0.256 e. The van der Waals surface area contributed by atoms with Crippen LogP contribution in [0.4, 0.5) is 0 Å². The Labute approximate surface area is 62.1 Å². The van der Waals surface area contributed by atoms with Crippen molar-refractivity contribution in [3.05, 3.63) is 12.2 Å². The number of aryl methyl sites for hydroxylation is 2. The van der Waals surface area contributed by atoms with Crippen LogP contribution < -0.4 is 0 Å². The lowest BCUT2D eigenvalue weighted by Gasteiger charge is -1.80. The van der Waals surface area contributed by atoms with Gasteiger partial charge in [0.05, 0.1) is 0 Å². The highest BCUT2D eigenvalue weighted by atomic mass is 15.3. The summed E-state index contributed by atoms with van der Waals surface area (Å²) in [5.41, 5.74) is 0. The molecule has 0 saturated carbocycles. The third-order valence-electron chi connectivity index (χ3n) is 0.963. The second-order valence-electron chi connectivity index (χ2n) is 1.69. The van der Waals surface area contributed by atoms with Crippen LogP contribution >= 0.6 is 0 Å². The molecule has 0 fully saturated rings. The lowest BCUT2D eigenvalue weighted by Crippen LogP contribution is -1.88. The van der Waals surface area contributed by atoms with Gasteiger partial charge in [0, 0.05) is 13.5 Å². The van der Waals surface area contributed by atoms with E-state index >= 15 is 0 Å². The molecule has 0 spiro atoms. The Morgan fingerprint density at radius 2 is 2.10 bits per heavy atom. The first kappa shape index (κ1) is 9.14. The summed E-state index contributed by atoms with van der Waals surface area (Å²) in [5.74, 6) is 0.910. The molecule has 0 unspecified atom stereocenters. The van der Waals surface area contributed by atoms with Crippen molar-refractivity contribution in [2.45, 2.75) is 27.2 Å². The molecule has 0 amide bonds. The van der Waals surface area contributed by atoms with Gasteiger partial charge in [0.15, 0.2) is 0 Å². The minimum atomic E-state index is 0.910. The van der Waals surface area contributed by atoms with Crippen LogP contribution in [-0.2, 0) is 13.5 Å². The van der Waals surface area contributed by atoms with Gasteiger partial charge in [0.2, 0.25) is 0 Å². The fourth-order valence-corrected chi connectivity index (χ4v) is 0.546. The summed E-state index contributed by atoms with van der Waals surface area (Å²) in [4.78, 5) is 3.99. The quantitative estimate of drug-likeness (QED) is 0.592. The van der Waals surface area contributed by atoms with Crippen molar-refractivity contribution in [2.75, 3.05) is 0 Å². The maximum atomic E-state index is 4.03. The predicted molar refractivity (Wildman–Crippen MR) is 41.7 cm³/mol. The zero-order chi connectivity index (χ0) is 7.98. The molecule has 1 aromatic rings. The third kappa shape index (κ3) is 2.62. The molecule has 0 aliphatic heterocycles. The molecule has 3 nitrogen and oxygen atoms in total. The molecule has 0 N–H and O–H groups in total. The van der Waals surface area contributed by atoms with Gasteiger partial charge in [-0.1, -0.05) is 20.8 Å². The van der Waals surface area contributed by atoms with Crippen LogP contribution in [0, 0.1) is 0 Å². The molecule has 10 heavy (non-hydrogen) atoms. The van der Waals surface area contributed by atoms with E-state index < -0.39 is 0 Å². The van der Waals surface area contributed by atoms with Crippen LogP contribution in [0.25, 0.3) is 0 Å². The van der Waals surface area contributed by atoms with E-state index in [0.29, 0.717) is 0 Å². The summed E-state index contributed by atoms with van der Waals surface area (Å²) in [6.07, 6.45) is 2.62. The zero-order valence-corrected chi connectivity index (χ0v) is 7.13. The van der Waals surface area contributed by atoms with Crippen LogP contribution in [0.5, 0.6) is 0 Å².